The highest BCUT2D eigenvalue weighted by Crippen LogP contribution is 2.21. The average Bonchev–Trinajstić information content (AvgIpc) is 3.01. The van der Waals surface area contributed by atoms with Gasteiger partial charge in [0.15, 0.2) is 0 Å². The van der Waals surface area contributed by atoms with Gasteiger partial charge in [0.05, 0.1) is 13.2 Å². The lowest BCUT2D eigenvalue weighted by Crippen LogP contribution is -2.52. The first-order chi connectivity index (χ1) is 12.4. The first-order valence-electron chi connectivity index (χ1n) is 9.46. The van der Waals surface area contributed by atoms with Gasteiger partial charge in [0.25, 0.3) is 0 Å². The monoisotopic (exact) mass is 366 g/mol. The Bertz CT molecular complexity index is 548. The van der Waals surface area contributed by atoms with Crippen LogP contribution < -0.4 is 5.32 Å². The van der Waals surface area contributed by atoms with Crippen LogP contribution in [-0.2, 0) is 19.1 Å². The molecular formula is C19H30N2O5. The summed E-state index contributed by atoms with van der Waals surface area (Å²) < 4.78 is 4.83. The molecule has 2 N–H and O–H groups in total. The van der Waals surface area contributed by atoms with Gasteiger partial charge in [-0.1, -0.05) is 31.9 Å². The molecular weight excluding hydrogens is 336 g/mol. The largest absolute Gasteiger partial charge is 0.467 e. The highest BCUT2D eigenvalue weighted by atomic mass is 16.5. The standard InChI is InChI=1S/C19H30N2O5/c1-13-9-7-5-3-4-6-8-10-16(23)21-12-14(22)11-15(21)18(24)20-17(13)19(25)26-2/h7,9,13-15,17,22H,3-6,8,10-12H2,1-2H3,(H,20,24)/b9-7-. The number of fused-ring (bicyclic) bond motifs is 1. The van der Waals surface area contributed by atoms with Crippen molar-refractivity contribution >= 4 is 17.8 Å². The van der Waals surface area contributed by atoms with Crippen molar-refractivity contribution < 1.29 is 24.2 Å². The Morgan fingerprint density at radius 2 is 2.00 bits per heavy atom. The van der Waals surface area contributed by atoms with E-state index in [9.17, 15) is 19.5 Å². The maximum atomic E-state index is 12.8. The molecule has 2 aliphatic rings. The third-order valence-electron chi connectivity index (χ3n) is 5.13. The van der Waals surface area contributed by atoms with Crippen molar-refractivity contribution in [2.24, 2.45) is 5.92 Å². The van der Waals surface area contributed by atoms with Crippen molar-refractivity contribution in [3.63, 3.8) is 0 Å². The molecule has 26 heavy (non-hydrogen) atoms. The molecule has 0 aromatic heterocycles. The fourth-order valence-corrected chi connectivity index (χ4v) is 3.58. The molecule has 0 spiro atoms. The number of allylic oxidation sites excluding steroid dienone is 1. The normalized spacial score (nSPS) is 32.8. The number of carbonyl (C=O) groups is 3. The fourth-order valence-electron chi connectivity index (χ4n) is 3.58. The summed E-state index contributed by atoms with van der Waals surface area (Å²) in [6, 6.07) is -1.56. The van der Waals surface area contributed by atoms with E-state index in [1.807, 2.05) is 19.1 Å². The number of ether oxygens (including phenoxy) is 1. The van der Waals surface area contributed by atoms with Gasteiger partial charge < -0.3 is 20.1 Å². The number of nitrogens with zero attached hydrogens (tertiary/aromatic N) is 1. The quantitative estimate of drug-likeness (QED) is 0.536. The minimum Gasteiger partial charge on any atom is -0.467 e. The zero-order valence-corrected chi connectivity index (χ0v) is 15.6. The summed E-state index contributed by atoms with van der Waals surface area (Å²) in [5.41, 5.74) is 0. The minimum atomic E-state index is -0.816. The summed E-state index contributed by atoms with van der Waals surface area (Å²) in [7, 11) is 1.29. The van der Waals surface area contributed by atoms with Crippen LogP contribution in [0.5, 0.6) is 0 Å². The van der Waals surface area contributed by atoms with Gasteiger partial charge in [-0.15, -0.1) is 0 Å². The number of nitrogens with one attached hydrogen (secondary N) is 1. The van der Waals surface area contributed by atoms with E-state index < -0.39 is 30.1 Å². The van der Waals surface area contributed by atoms with Crippen molar-refractivity contribution in [1.29, 1.82) is 0 Å². The van der Waals surface area contributed by atoms with Crippen LogP contribution in [0.4, 0.5) is 0 Å². The zero-order valence-electron chi connectivity index (χ0n) is 15.6. The van der Waals surface area contributed by atoms with Crippen molar-refractivity contribution in [2.45, 2.75) is 70.1 Å². The van der Waals surface area contributed by atoms with E-state index in [0.717, 1.165) is 32.1 Å². The second kappa shape index (κ2) is 9.71. The van der Waals surface area contributed by atoms with Crippen molar-refractivity contribution in [3.8, 4) is 0 Å². The molecule has 0 bridgehead atoms. The predicted octanol–water partition coefficient (Wildman–Crippen LogP) is 1.15. The van der Waals surface area contributed by atoms with Gasteiger partial charge in [-0.05, 0) is 19.3 Å². The first kappa shape index (κ1) is 20.4. The van der Waals surface area contributed by atoms with Crippen LogP contribution in [0.3, 0.4) is 0 Å². The van der Waals surface area contributed by atoms with Gasteiger partial charge >= 0.3 is 5.97 Å². The van der Waals surface area contributed by atoms with E-state index in [-0.39, 0.29) is 24.8 Å². The highest BCUT2D eigenvalue weighted by Gasteiger charge is 2.40. The Hall–Kier alpha value is -1.89. The van der Waals surface area contributed by atoms with Crippen LogP contribution in [0.25, 0.3) is 0 Å². The Morgan fingerprint density at radius 3 is 2.73 bits per heavy atom. The number of carbonyl (C=O) groups excluding carboxylic acids is 3. The maximum Gasteiger partial charge on any atom is 0.328 e. The SMILES string of the molecule is COC(=O)C1NC(=O)C2CC(O)CN2C(=O)CCCCCC/C=C\C1C. The van der Waals surface area contributed by atoms with Gasteiger partial charge in [-0.25, -0.2) is 4.79 Å². The Labute approximate surface area is 154 Å². The molecule has 0 aliphatic carbocycles. The van der Waals surface area contributed by atoms with Gasteiger partial charge in [-0.2, -0.15) is 0 Å². The van der Waals surface area contributed by atoms with Gasteiger partial charge in [0.2, 0.25) is 11.8 Å². The lowest BCUT2D eigenvalue weighted by atomic mass is 9.99. The highest BCUT2D eigenvalue weighted by molar-refractivity contribution is 5.91. The molecule has 2 rings (SSSR count). The van der Waals surface area contributed by atoms with E-state index >= 15 is 0 Å². The van der Waals surface area contributed by atoms with Gasteiger partial charge in [-0.3, -0.25) is 9.59 Å². The number of hydrogen-bond acceptors (Lipinski definition) is 5. The summed E-state index contributed by atoms with van der Waals surface area (Å²) in [6.07, 6.45) is 8.52. The Morgan fingerprint density at radius 1 is 1.27 bits per heavy atom. The summed E-state index contributed by atoms with van der Waals surface area (Å²) in [5, 5.41) is 12.7. The fraction of sp³-hybridized carbons (Fsp3) is 0.737. The first-order valence-corrected chi connectivity index (χ1v) is 9.46. The molecule has 7 heteroatoms. The van der Waals surface area contributed by atoms with Crippen LogP contribution in [0.15, 0.2) is 12.2 Å². The Balaban J connectivity index is 2.21. The molecule has 2 heterocycles. The smallest absolute Gasteiger partial charge is 0.328 e. The van der Waals surface area contributed by atoms with E-state index in [1.54, 1.807) is 0 Å². The third kappa shape index (κ3) is 5.30. The number of hydrogen-bond donors (Lipinski definition) is 2. The zero-order chi connectivity index (χ0) is 19.1. The lowest BCUT2D eigenvalue weighted by molar-refractivity contribution is -0.147. The molecule has 0 saturated carbocycles. The minimum absolute atomic E-state index is 0.114. The summed E-state index contributed by atoms with van der Waals surface area (Å²) in [4.78, 5) is 38.8. The number of aliphatic hydroxyl groups excluding tert-OH is 1. The molecule has 1 fully saturated rings. The van der Waals surface area contributed by atoms with Crippen LogP contribution in [0, 0.1) is 5.92 Å². The molecule has 0 aromatic rings. The van der Waals surface area contributed by atoms with Crippen LogP contribution in [-0.4, -0.2) is 59.6 Å². The molecule has 1 saturated heterocycles. The van der Waals surface area contributed by atoms with E-state index in [2.05, 4.69) is 5.32 Å². The van der Waals surface area contributed by atoms with Crippen LogP contribution >= 0.6 is 0 Å². The van der Waals surface area contributed by atoms with Gasteiger partial charge in [0.1, 0.15) is 12.1 Å². The van der Waals surface area contributed by atoms with Crippen molar-refractivity contribution in [2.75, 3.05) is 13.7 Å². The summed E-state index contributed by atoms with van der Waals surface area (Å²) >= 11 is 0. The molecule has 4 atom stereocenters. The molecule has 146 valence electrons. The predicted molar refractivity (Wildman–Crippen MR) is 96.1 cm³/mol. The average molecular weight is 366 g/mol. The van der Waals surface area contributed by atoms with E-state index in [4.69, 9.17) is 4.74 Å². The van der Waals surface area contributed by atoms with Crippen LogP contribution in [0.2, 0.25) is 0 Å². The second-order valence-electron chi connectivity index (χ2n) is 7.20. The number of amides is 2. The second-order valence-corrected chi connectivity index (χ2v) is 7.20. The lowest BCUT2D eigenvalue weighted by Gasteiger charge is -2.27. The third-order valence-corrected chi connectivity index (χ3v) is 5.13. The molecule has 4 unspecified atom stereocenters. The number of methoxy groups -OCH3 is 1. The van der Waals surface area contributed by atoms with Crippen LogP contribution in [0.1, 0.15) is 51.9 Å². The maximum absolute atomic E-state index is 12.8. The number of rotatable bonds is 1. The molecule has 2 aliphatic heterocycles. The van der Waals surface area contributed by atoms with Crippen molar-refractivity contribution in [1.82, 2.24) is 10.2 Å². The summed E-state index contributed by atoms with van der Waals surface area (Å²) in [6.45, 7) is 2.01. The van der Waals surface area contributed by atoms with E-state index in [1.165, 1.54) is 12.0 Å². The Kier molecular flexibility index (Phi) is 7.63. The molecule has 0 aromatic carbocycles. The number of esters is 1. The molecule has 7 nitrogen and oxygen atoms in total. The molecule has 2 amide bonds. The van der Waals surface area contributed by atoms with Gasteiger partial charge in [0, 0.05) is 25.3 Å². The topological polar surface area (TPSA) is 95.9 Å². The van der Waals surface area contributed by atoms with Crippen molar-refractivity contribution in [3.05, 3.63) is 12.2 Å². The molecule has 0 radical (unpaired) electrons. The number of aliphatic hydroxyl groups is 1. The summed E-state index contributed by atoms with van der Waals surface area (Å²) in [5.74, 6) is -1.28. The van der Waals surface area contributed by atoms with E-state index in [0.29, 0.717) is 6.42 Å².